The summed E-state index contributed by atoms with van der Waals surface area (Å²) in [5.74, 6) is 1.60. The van der Waals surface area contributed by atoms with Crippen molar-refractivity contribution in [2.24, 2.45) is 16.3 Å². The molecule has 1 atom stereocenters. The van der Waals surface area contributed by atoms with Gasteiger partial charge in [-0.3, -0.25) is 9.67 Å². The van der Waals surface area contributed by atoms with E-state index in [1.165, 1.54) is 50.8 Å². The second-order valence-corrected chi connectivity index (χ2v) is 8.37. The Kier molecular flexibility index (Phi) is 5.70. The van der Waals surface area contributed by atoms with Crippen molar-refractivity contribution in [3.8, 4) is 0 Å². The maximum absolute atomic E-state index is 4.58. The van der Waals surface area contributed by atoms with Gasteiger partial charge in [-0.25, -0.2) is 0 Å². The van der Waals surface area contributed by atoms with Crippen LogP contribution in [0, 0.1) is 25.2 Å². The Labute approximate surface area is 152 Å². The summed E-state index contributed by atoms with van der Waals surface area (Å²) in [6.07, 6.45) is 8.43. The van der Waals surface area contributed by atoms with Crippen molar-refractivity contribution in [1.82, 2.24) is 20.0 Å². The topological polar surface area (TPSA) is 45.5 Å². The predicted octanol–water partition coefficient (Wildman–Crippen LogP) is 3.37. The average molecular weight is 346 g/mol. The van der Waals surface area contributed by atoms with Crippen molar-refractivity contribution >= 4 is 5.96 Å². The molecule has 0 amide bonds. The van der Waals surface area contributed by atoms with E-state index in [2.05, 4.69) is 51.8 Å². The van der Waals surface area contributed by atoms with Gasteiger partial charge >= 0.3 is 0 Å². The van der Waals surface area contributed by atoms with Crippen LogP contribution < -0.4 is 5.32 Å². The van der Waals surface area contributed by atoms with E-state index in [0.717, 1.165) is 31.3 Å². The third kappa shape index (κ3) is 4.36. The largest absolute Gasteiger partial charge is 0.356 e. The van der Waals surface area contributed by atoms with Crippen LogP contribution in [-0.4, -0.2) is 47.3 Å². The van der Waals surface area contributed by atoms with Gasteiger partial charge in [0.25, 0.3) is 0 Å². The summed E-state index contributed by atoms with van der Waals surface area (Å²) in [7, 11) is 1.92. The molecule has 2 aliphatic rings. The monoisotopic (exact) mass is 345 g/mol. The van der Waals surface area contributed by atoms with E-state index in [0.29, 0.717) is 11.3 Å². The fraction of sp³-hybridized carbons (Fsp3) is 0.800. The minimum absolute atomic E-state index is 0.515. The van der Waals surface area contributed by atoms with E-state index in [9.17, 15) is 0 Å². The van der Waals surface area contributed by atoms with Crippen LogP contribution in [0.1, 0.15) is 56.8 Å². The van der Waals surface area contributed by atoms with Gasteiger partial charge in [0, 0.05) is 38.9 Å². The molecule has 1 aromatic rings. The summed E-state index contributed by atoms with van der Waals surface area (Å²) in [4.78, 5) is 7.05. The van der Waals surface area contributed by atoms with Gasteiger partial charge in [0.05, 0.1) is 5.69 Å². The third-order valence-corrected chi connectivity index (χ3v) is 6.06. The minimum atomic E-state index is 0.515. The molecule has 0 bridgehead atoms. The van der Waals surface area contributed by atoms with Gasteiger partial charge in [0.1, 0.15) is 0 Å². The van der Waals surface area contributed by atoms with Crippen molar-refractivity contribution in [3.05, 3.63) is 17.5 Å². The number of aliphatic imine (C=N–C) groups is 1. The molecule has 0 aromatic carbocycles. The van der Waals surface area contributed by atoms with Gasteiger partial charge in [-0.15, -0.1) is 0 Å². The molecule has 25 heavy (non-hydrogen) atoms. The van der Waals surface area contributed by atoms with E-state index in [1.807, 2.05) is 7.05 Å². The Bertz CT molecular complexity index is 597. The summed E-state index contributed by atoms with van der Waals surface area (Å²) < 4.78 is 2.12. The first-order chi connectivity index (χ1) is 12.0. The van der Waals surface area contributed by atoms with Crippen LogP contribution >= 0.6 is 0 Å². The van der Waals surface area contributed by atoms with Crippen LogP contribution in [0.2, 0.25) is 0 Å². The fourth-order valence-electron chi connectivity index (χ4n) is 4.64. The van der Waals surface area contributed by atoms with E-state index < -0.39 is 0 Å². The normalized spacial score (nSPS) is 21.8. The van der Waals surface area contributed by atoms with Crippen molar-refractivity contribution in [2.75, 3.05) is 26.7 Å². The summed E-state index contributed by atoms with van der Waals surface area (Å²) in [5.41, 5.74) is 2.92. The van der Waals surface area contributed by atoms with Gasteiger partial charge in [-0.1, -0.05) is 26.2 Å². The molecule has 3 rings (SSSR count). The molecule has 1 aliphatic carbocycles. The molecule has 2 heterocycles. The number of guanidine groups is 1. The summed E-state index contributed by atoms with van der Waals surface area (Å²) in [5, 5.41) is 8.19. The second-order valence-electron chi connectivity index (χ2n) is 8.37. The summed E-state index contributed by atoms with van der Waals surface area (Å²) in [6.45, 7) is 10.7. The van der Waals surface area contributed by atoms with E-state index in [-0.39, 0.29) is 0 Å². The lowest BCUT2D eigenvalue weighted by molar-refractivity contribution is 0.203. The first kappa shape index (κ1) is 18.3. The zero-order chi connectivity index (χ0) is 17.9. The molecule has 1 saturated carbocycles. The molecule has 1 N–H and O–H groups in total. The highest BCUT2D eigenvalue weighted by atomic mass is 15.3. The van der Waals surface area contributed by atoms with Gasteiger partial charge < -0.3 is 10.2 Å². The Hall–Kier alpha value is -1.52. The van der Waals surface area contributed by atoms with E-state index in [1.54, 1.807) is 0 Å². The molecular weight excluding hydrogens is 310 g/mol. The smallest absolute Gasteiger partial charge is 0.193 e. The van der Waals surface area contributed by atoms with Crippen LogP contribution in [0.15, 0.2) is 11.1 Å². The lowest BCUT2D eigenvalue weighted by atomic mass is 9.73. The lowest BCUT2D eigenvalue weighted by Crippen LogP contribution is -2.43. The summed E-state index contributed by atoms with van der Waals surface area (Å²) in [6, 6.07) is 2.15. The molecule has 1 aromatic heterocycles. The maximum atomic E-state index is 4.58. The fourth-order valence-corrected chi connectivity index (χ4v) is 4.64. The Morgan fingerprint density at radius 3 is 2.68 bits per heavy atom. The van der Waals surface area contributed by atoms with Crippen LogP contribution in [-0.2, 0) is 6.54 Å². The van der Waals surface area contributed by atoms with Crippen molar-refractivity contribution in [3.63, 3.8) is 0 Å². The molecule has 1 unspecified atom stereocenters. The molecule has 1 spiro atoms. The van der Waals surface area contributed by atoms with Gasteiger partial charge in [-0.2, -0.15) is 5.10 Å². The van der Waals surface area contributed by atoms with Crippen molar-refractivity contribution in [1.29, 1.82) is 0 Å². The van der Waals surface area contributed by atoms with Gasteiger partial charge in [0.15, 0.2) is 5.96 Å². The molecule has 140 valence electrons. The number of aromatic nitrogens is 2. The molecule has 5 heteroatoms. The quantitative estimate of drug-likeness (QED) is 0.672. The molecule has 1 aliphatic heterocycles. The van der Waals surface area contributed by atoms with Crippen LogP contribution in [0.5, 0.6) is 0 Å². The van der Waals surface area contributed by atoms with Crippen LogP contribution in [0.3, 0.4) is 0 Å². The van der Waals surface area contributed by atoms with Crippen LogP contribution in [0.4, 0.5) is 0 Å². The van der Waals surface area contributed by atoms with Gasteiger partial charge in [-0.05, 0) is 50.5 Å². The van der Waals surface area contributed by atoms with E-state index >= 15 is 0 Å². The molecule has 5 nitrogen and oxygen atoms in total. The number of nitrogens with zero attached hydrogens (tertiary/aromatic N) is 4. The number of nitrogens with one attached hydrogen (secondary N) is 1. The maximum Gasteiger partial charge on any atom is 0.193 e. The number of likely N-dealkylation sites (tertiary alicyclic amines) is 1. The highest BCUT2D eigenvalue weighted by Crippen LogP contribution is 2.43. The van der Waals surface area contributed by atoms with Crippen LogP contribution in [0.25, 0.3) is 0 Å². The third-order valence-electron chi connectivity index (χ3n) is 6.06. The summed E-state index contributed by atoms with van der Waals surface area (Å²) >= 11 is 0. The number of hydrogen-bond acceptors (Lipinski definition) is 2. The zero-order valence-electron chi connectivity index (χ0n) is 16.5. The number of hydrogen-bond donors (Lipinski definition) is 1. The number of rotatable bonds is 4. The van der Waals surface area contributed by atoms with Crippen molar-refractivity contribution in [2.45, 2.75) is 65.8 Å². The highest BCUT2D eigenvalue weighted by molar-refractivity contribution is 5.80. The lowest BCUT2D eigenvalue weighted by Gasteiger charge is -2.33. The molecular formula is C20H35N5. The Morgan fingerprint density at radius 2 is 2.04 bits per heavy atom. The number of aryl methyl sites for hydroxylation is 2. The first-order valence-electron chi connectivity index (χ1n) is 9.98. The van der Waals surface area contributed by atoms with Crippen molar-refractivity contribution < 1.29 is 0 Å². The molecule has 0 radical (unpaired) electrons. The SMILES string of the molecule is CN=C(NCC(C)Cn1nc(C)cc1C)N1CCC2(CCCCC2)C1. The molecule has 2 fully saturated rings. The predicted molar refractivity (Wildman–Crippen MR) is 104 cm³/mol. The Balaban J connectivity index is 1.50. The van der Waals surface area contributed by atoms with Gasteiger partial charge in [0.2, 0.25) is 0 Å². The Morgan fingerprint density at radius 1 is 1.28 bits per heavy atom. The molecule has 1 saturated heterocycles. The standard InChI is InChI=1S/C20H35N5/c1-16(14-25-18(3)12-17(2)23-25)13-22-19(21-4)24-11-10-20(15-24)8-6-5-7-9-20/h12,16H,5-11,13-15H2,1-4H3,(H,21,22). The average Bonchev–Trinajstić information content (AvgIpc) is 3.12. The zero-order valence-corrected chi connectivity index (χ0v) is 16.5. The minimum Gasteiger partial charge on any atom is -0.356 e. The first-order valence-corrected chi connectivity index (χ1v) is 9.98. The highest BCUT2D eigenvalue weighted by Gasteiger charge is 2.39. The second kappa shape index (κ2) is 7.79. The van der Waals surface area contributed by atoms with E-state index in [4.69, 9.17) is 0 Å².